The maximum Gasteiger partial charge on any atom is 0.419 e. The number of nitrogens with zero attached hydrogens (tertiary/aromatic N) is 1. The van der Waals surface area contributed by atoms with E-state index in [4.69, 9.17) is 4.42 Å². The van der Waals surface area contributed by atoms with Gasteiger partial charge in [0.15, 0.2) is 5.76 Å². The molecule has 3 rings (SSSR count). The maximum absolute atomic E-state index is 13.3. The second-order valence-electron chi connectivity index (χ2n) is 4.73. The van der Waals surface area contributed by atoms with Crippen LogP contribution in [-0.2, 0) is 6.18 Å². The number of hydrogen-bond acceptors (Lipinski definition) is 2. The third-order valence-corrected chi connectivity index (χ3v) is 3.15. The smallest absolute Gasteiger partial charge is 0.419 e. The summed E-state index contributed by atoms with van der Waals surface area (Å²) in [5, 5.41) is 0. The van der Waals surface area contributed by atoms with Crippen LogP contribution < -0.4 is 0 Å². The van der Waals surface area contributed by atoms with Gasteiger partial charge in [-0.3, -0.25) is 0 Å². The fraction of sp³-hybridized carbons (Fsp3) is 0.0625. The Bertz CT molecular complexity index is 836. The number of halogens is 5. The molecular weight excluding hydrogens is 317 g/mol. The van der Waals surface area contributed by atoms with Gasteiger partial charge in [0.2, 0.25) is 5.89 Å². The van der Waals surface area contributed by atoms with E-state index >= 15 is 0 Å². The molecule has 0 saturated carbocycles. The molecule has 0 bridgehead atoms. The summed E-state index contributed by atoms with van der Waals surface area (Å²) in [4.78, 5) is 3.94. The van der Waals surface area contributed by atoms with Crippen LogP contribution in [0.3, 0.4) is 0 Å². The summed E-state index contributed by atoms with van der Waals surface area (Å²) in [6.07, 6.45) is -3.58. The highest BCUT2D eigenvalue weighted by Gasteiger charge is 2.34. The molecule has 1 heterocycles. The summed E-state index contributed by atoms with van der Waals surface area (Å²) in [6, 6.07) is 7.81. The minimum Gasteiger partial charge on any atom is -0.436 e. The van der Waals surface area contributed by atoms with Crippen LogP contribution in [0.2, 0.25) is 0 Å². The van der Waals surface area contributed by atoms with Gasteiger partial charge in [-0.15, -0.1) is 0 Å². The molecular formula is C16H8F5NO. The molecule has 23 heavy (non-hydrogen) atoms. The molecule has 0 aliphatic heterocycles. The van der Waals surface area contributed by atoms with E-state index in [0.717, 1.165) is 6.07 Å². The molecule has 3 aromatic rings. The fourth-order valence-electron chi connectivity index (χ4n) is 2.03. The summed E-state index contributed by atoms with van der Waals surface area (Å²) >= 11 is 0. The first-order valence-corrected chi connectivity index (χ1v) is 6.43. The van der Waals surface area contributed by atoms with Crippen LogP contribution in [0.1, 0.15) is 5.56 Å². The lowest BCUT2D eigenvalue weighted by Crippen LogP contribution is -2.08. The number of benzene rings is 2. The molecule has 0 saturated heterocycles. The van der Waals surface area contributed by atoms with Crippen LogP contribution in [0, 0.1) is 11.6 Å². The molecule has 0 N–H and O–H groups in total. The van der Waals surface area contributed by atoms with Crippen molar-refractivity contribution in [1.29, 1.82) is 0 Å². The van der Waals surface area contributed by atoms with Crippen molar-refractivity contribution in [2.24, 2.45) is 0 Å². The third kappa shape index (κ3) is 3.08. The first-order chi connectivity index (χ1) is 10.8. The van der Waals surface area contributed by atoms with E-state index in [2.05, 4.69) is 4.98 Å². The van der Waals surface area contributed by atoms with Crippen molar-refractivity contribution in [3.8, 4) is 22.8 Å². The fourth-order valence-corrected chi connectivity index (χ4v) is 2.03. The van der Waals surface area contributed by atoms with Crippen molar-refractivity contribution in [2.75, 3.05) is 0 Å². The van der Waals surface area contributed by atoms with Crippen LogP contribution in [-0.4, -0.2) is 4.98 Å². The minimum atomic E-state index is -4.81. The van der Waals surface area contributed by atoms with Gasteiger partial charge in [-0.1, -0.05) is 0 Å². The Morgan fingerprint density at radius 2 is 1.52 bits per heavy atom. The van der Waals surface area contributed by atoms with Gasteiger partial charge in [-0.25, -0.2) is 13.8 Å². The normalized spacial score (nSPS) is 11.7. The quantitative estimate of drug-likeness (QED) is 0.597. The van der Waals surface area contributed by atoms with E-state index in [9.17, 15) is 22.0 Å². The van der Waals surface area contributed by atoms with Crippen molar-refractivity contribution < 1.29 is 26.4 Å². The van der Waals surface area contributed by atoms with Crippen molar-refractivity contribution in [1.82, 2.24) is 4.98 Å². The van der Waals surface area contributed by atoms with Crippen LogP contribution in [0.15, 0.2) is 53.1 Å². The average Bonchev–Trinajstić information content (AvgIpc) is 2.97. The standard InChI is InChI=1S/C16H8F5NO/c17-11-4-1-9(2-5-11)15-22-8-14(23-15)10-3-6-13(18)12(7-10)16(19,20)21/h1-8H. The summed E-state index contributed by atoms with van der Waals surface area (Å²) < 4.78 is 69.7. The number of aromatic nitrogens is 1. The number of alkyl halides is 3. The first kappa shape index (κ1) is 15.2. The molecule has 2 aromatic carbocycles. The largest absolute Gasteiger partial charge is 0.436 e. The van der Waals surface area contributed by atoms with E-state index in [1.807, 2.05) is 0 Å². The first-order valence-electron chi connectivity index (χ1n) is 6.43. The molecule has 0 amide bonds. The Morgan fingerprint density at radius 1 is 0.870 bits per heavy atom. The zero-order valence-electron chi connectivity index (χ0n) is 11.4. The van der Waals surface area contributed by atoms with Crippen molar-refractivity contribution in [3.05, 3.63) is 65.9 Å². The minimum absolute atomic E-state index is 0.0413. The van der Waals surface area contributed by atoms with E-state index in [0.29, 0.717) is 11.6 Å². The van der Waals surface area contributed by atoms with Gasteiger partial charge in [0, 0.05) is 11.1 Å². The van der Waals surface area contributed by atoms with E-state index < -0.39 is 23.4 Å². The topological polar surface area (TPSA) is 26.0 Å². The predicted molar refractivity (Wildman–Crippen MR) is 72.3 cm³/mol. The zero-order chi connectivity index (χ0) is 16.6. The van der Waals surface area contributed by atoms with Gasteiger partial charge in [0.1, 0.15) is 11.6 Å². The molecule has 0 atom stereocenters. The summed E-state index contributed by atoms with van der Waals surface area (Å²) in [5.41, 5.74) is -0.870. The van der Waals surface area contributed by atoms with Crippen molar-refractivity contribution >= 4 is 0 Å². The lowest BCUT2D eigenvalue weighted by molar-refractivity contribution is -0.139. The predicted octanol–water partition coefficient (Wildman–Crippen LogP) is 5.31. The Labute approximate surface area is 127 Å². The number of hydrogen-bond donors (Lipinski definition) is 0. The molecule has 0 aliphatic carbocycles. The Balaban J connectivity index is 1.99. The van der Waals surface area contributed by atoms with E-state index in [1.54, 1.807) is 0 Å². The van der Waals surface area contributed by atoms with Gasteiger partial charge in [0.05, 0.1) is 11.8 Å². The number of oxazole rings is 1. The highest BCUT2D eigenvalue weighted by Crippen LogP contribution is 2.35. The third-order valence-electron chi connectivity index (χ3n) is 3.15. The van der Waals surface area contributed by atoms with Crippen LogP contribution in [0.25, 0.3) is 22.8 Å². The summed E-state index contributed by atoms with van der Waals surface area (Å²) in [6.45, 7) is 0. The molecule has 1 aromatic heterocycles. The van der Waals surface area contributed by atoms with E-state index in [1.165, 1.54) is 36.5 Å². The Hall–Kier alpha value is -2.70. The molecule has 0 aliphatic rings. The van der Waals surface area contributed by atoms with E-state index in [-0.39, 0.29) is 17.2 Å². The average molecular weight is 325 g/mol. The van der Waals surface area contributed by atoms with Gasteiger partial charge in [-0.05, 0) is 42.5 Å². The molecule has 0 fully saturated rings. The Morgan fingerprint density at radius 3 is 2.17 bits per heavy atom. The van der Waals surface area contributed by atoms with Gasteiger partial charge in [-0.2, -0.15) is 13.2 Å². The maximum atomic E-state index is 13.3. The SMILES string of the molecule is Fc1ccc(-c2ncc(-c3ccc(F)c(C(F)(F)F)c3)o2)cc1. The zero-order valence-corrected chi connectivity index (χ0v) is 11.4. The van der Waals surface area contributed by atoms with Gasteiger partial charge >= 0.3 is 6.18 Å². The van der Waals surface area contributed by atoms with Crippen LogP contribution in [0.4, 0.5) is 22.0 Å². The van der Waals surface area contributed by atoms with Crippen LogP contribution in [0.5, 0.6) is 0 Å². The highest BCUT2D eigenvalue weighted by atomic mass is 19.4. The molecule has 0 spiro atoms. The second kappa shape index (κ2) is 5.49. The molecule has 0 radical (unpaired) electrons. The molecule has 2 nitrogen and oxygen atoms in total. The van der Waals surface area contributed by atoms with Crippen molar-refractivity contribution in [3.63, 3.8) is 0 Å². The Kier molecular flexibility index (Phi) is 3.63. The lowest BCUT2D eigenvalue weighted by atomic mass is 10.1. The van der Waals surface area contributed by atoms with Crippen LogP contribution >= 0.6 is 0 Å². The molecule has 0 unspecified atom stereocenters. The summed E-state index contributed by atoms with van der Waals surface area (Å²) in [5.74, 6) is -1.62. The summed E-state index contributed by atoms with van der Waals surface area (Å²) in [7, 11) is 0. The van der Waals surface area contributed by atoms with Crippen molar-refractivity contribution in [2.45, 2.75) is 6.18 Å². The highest BCUT2D eigenvalue weighted by molar-refractivity contribution is 5.62. The second-order valence-corrected chi connectivity index (χ2v) is 4.73. The van der Waals surface area contributed by atoms with Gasteiger partial charge in [0.25, 0.3) is 0 Å². The lowest BCUT2D eigenvalue weighted by Gasteiger charge is -2.08. The monoisotopic (exact) mass is 325 g/mol. The molecule has 118 valence electrons. The molecule has 7 heteroatoms. The number of rotatable bonds is 2. The van der Waals surface area contributed by atoms with Gasteiger partial charge < -0.3 is 4.42 Å².